The fourth-order valence-electron chi connectivity index (χ4n) is 4.27. The Bertz CT molecular complexity index is 600. The molecule has 2 fully saturated rings. The van der Waals surface area contributed by atoms with E-state index in [9.17, 15) is 4.79 Å². The topological polar surface area (TPSA) is 52.6 Å². The van der Waals surface area contributed by atoms with E-state index in [2.05, 4.69) is 32.9 Å². The van der Waals surface area contributed by atoms with Crippen molar-refractivity contribution in [2.24, 2.45) is 11.8 Å². The van der Waals surface area contributed by atoms with E-state index in [1.54, 1.807) is 6.33 Å². The number of likely N-dealkylation sites (N-methyl/N-ethyl adjacent to an activating group) is 1. The highest BCUT2D eigenvalue weighted by Crippen LogP contribution is 2.28. The Morgan fingerprint density at radius 1 is 1.15 bits per heavy atom. The molecule has 2 aliphatic rings. The number of anilines is 1. The lowest BCUT2D eigenvalue weighted by Crippen LogP contribution is -2.37. The molecular formula is C20H33N5O. The first-order chi connectivity index (χ1) is 12.5. The van der Waals surface area contributed by atoms with Gasteiger partial charge in [0.15, 0.2) is 0 Å². The van der Waals surface area contributed by atoms with Crippen molar-refractivity contribution in [2.45, 2.75) is 38.5 Å². The Morgan fingerprint density at radius 3 is 2.65 bits per heavy atom. The number of carbonyl (C=O) groups is 1. The monoisotopic (exact) mass is 359 g/mol. The summed E-state index contributed by atoms with van der Waals surface area (Å²) >= 11 is 0. The third-order valence-electron chi connectivity index (χ3n) is 5.76. The van der Waals surface area contributed by atoms with Gasteiger partial charge in [0.25, 0.3) is 0 Å². The number of amides is 1. The summed E-state index contributed by atoms with van der Waals surface area (Å²) in [5, 5.41) is 0. The molecule has 1 saturated heterocycles. The molecule has 0 unspecified atom stereocenters. The molecule has 6 heteroatoms. The number of nitrogens with zero attached hydrogens (tertiary/aromatic N) is 5. The zero-order chi connectivity index (χ0) is 18.5. The Kier molecular flexibility index (Phi) is 6.46. The van der Waals surface area contributed by atoms with Crippen LogP contribution in [0.15, 0.2) is 12.4 Å². The molecule has 1 aliphatic heterocycles. The maximum Gasteiger partial charge on any atom is 0.222 e. The summed E-state index contributed by atoms with van der Waals surface area (Å²) < 4.78 is 0. The van der Waals surface area contributed by atoms with Crippen molar-refractivity contribution in [1.29, 1.82) is 0 Å². The van der Waals surface area contributed by atoms with E-state index in [1.165, 1.54) is 25.7 Å². The number of aromatic nitrogens is 2. The van der Waals surface area contributed by atoms with E-state index in [0.29, 0.717) is 17.7 Å². The molecule has 0 aromatic carbocycles. The van der Waals surface area contributed by atoms with Gasteiger partial charge in [-0.25, -0.2) is 9.97 Å². The summed E-state index contributed by atoms with van der Waals surface area (Å²) in [4.78, 5) is 28.1. The van der Waals surface area contributed by atoms with Gasteiger partial charge in [-0.2, -0.15) is 0 Å². The average molecular weight is 360 g/mol. The van der Waals surface area contributed by atoms with Gasteiger partial charge in [-0.1, -0.05) is 12.8 Å². The maximum absolute atomic E-state index is 12.8. The van der Waals surface area contributed by atoms with Crippen LogP contribution < -0.4 is 4.90 Å². The standard InChI is InChI=1S/C20H33N5O/c1-23(2)19-12-18(21-15-22-19)10-17-13-24(3)8-9-25(14-17)20(26)11-16-6-4-5-7-16/h12,15-17H,4-11,13-14H2,1-3H3/t17-/m1/s1. The Hall–Kier alpha value is -1.69. The van der Waals surface area contributed by atoms with E-state index >= 15 is 0 Å². The average Bonchev–Trinajstić information content (AvgIpc) is 3.04. The first kappa shape index (κ1) is 19.1. The third kappa shape index (κ3) is 5.16. The minimum Gasteiger partial charge on any atom is -0.363 e. The number of hydrogen-bond donors (Lipinski definition) is 0. The predicted octanol–water partition coefficient (Wildman–Crippen LogP) is 2.06. The Balaban J connectivity index is 1.63. The fraction of sp³-hybridized carbons (Fsp3) is 0.750. The lowest BCUT2D eigenvalue weighted by molar-refractivity contribution is -0.132. The van der Waals surface area contributed by atoms with Crippen LogP contribution in [0.5, 0.6) is 0 Å². The molecule has 6 nitrogen and oxygen atoms in total. The molecule has 1 saturated carbocycles. The lowest BCUT2D eigenvalue weighted by Gasteiger charge is -2.25. The van der Waals surface area contributed by atoms with Crippen LogP contribution in [0.25, 0.3) is 0 Å². The summed E-state index contributed by atoms with van der Waals surface area (Å²) in [6.45, 7) is 3.66. The number of hydrogen-bond acceptors (Lipinski definition) is 5. The molecule has 1 aromatic rings. The van der Waals surface area contributed by atoms with E-state index in [1.807, 2.05) is 19.0 Å². The molecule has 144 valence electrons. The highest BCUT2D eigenvalue weighted by atomic mass is 16.2. The summed E-state index contributed by atoms with van der Waals surface area (Å²) in [5.74, 6) is 2.33. The molecule has 1 atom stereocenters. The Morgan fingerprint density at radius 2 is 1.92 bits per heavy atom. The minimum atomic E-state index is 0.355. The van der Waals surface area contributed by atoms with Crippen LogP contribution in [0.2, 0.25) is 0 Å². The highest BCUT2D eigenvalue weighted by molar-refractivity contribution is 5.76. The molecule has 0 bridgehead atoms. The van der Waals surface area contributed by atoms with Gasteiger partial charge in [-0.3, -0.25) is 4.79 Å². The fourth-order valence-corrected chi connectivity index (χ4v) is 4.27. The van der Waals surface area contributed by atoms with Crippen LogP contribution in [-0.2, 0) is 11.2 Å². The molecule has 1 aliphatic carbocycles. The third-order valence-corrected chi connectivity index (χ3v) is 5.76. The van der Waals surface area contributed by atoms with Gasteiger partial charge < -0.3 is 14.7 Å². The van der Waals surface area contributed by atoms with Crippen LogP contribution in [0, 0.1) is 11.8 Å². The minimum absolute atomic E-state index is 0.355. The quantitative estimate of drug-likeness (QED) is 0.805. The van der Waals surface area contributed by atoms with E-state index < -0.39 is 0 Å². The summed E-state index contributed by atoms with van der Waals surface area (Å²) in [7, 11) is 6.15. The first-order valence-electron chi connectivity index (χ1n) is 9.96. The van der Waals surface area contributed by atoms with Gasteiger partial charge in [0.05, 0.1) is 0 Å². The van der Waals surface area contributed by atoms with Gasteiger partial charge >= 0.3 is 0 Å². The van der Waals surface area contributed by atoms with E-state index in [-0.39, 0.29) is 0 Å². The van der Waals surface area contributed by atoms with Crippen LogP contribution in [0.4, 0.5) is 5.82 Å². The van der Waals surface area contributed by atoms with Crippen molar-refractivity contribution < 1.29 is 4.79 Å². The molecule has 0 spiro atoms. The van der Waals surface area contributed by atoms with Crippen molar-refractivity contribution >= 4 is 11.7 Å². The summed E-state index contributed by atoms with van der Waals surface area (Å²) in [5.41, 5.74) is 1.06. The van der Waals surface area contributed by atoms with Gasteiger partial charge in [-0.05, 0) is 38.1 Å². The van der Waals surface area contributed by atoms with Crippen molar-refractivity contribution in [3.8, 4) is 0 Å². The molecule has 0 radical (unpaired) electrons. The van der Waals surface area contributed by atoms with E-state index in [0.717, 1.165) is 50.5 Å². The zero-order valence-electron chi connectivity index (χ0n) is 16.5. The molecule has 0 N–H and O–H groups in total. The normalized spacial score (nSPS) is 22.4. The SMILES string of the molecule is CN1CCN(C(=O)CC2CCCC2)C[C@H](Cc2cc(N(C)C)ncn2)C1. The highest BCUT2D eigenvalue weighted by Gasteiger charge is 2.27. The van der Waals surface area contributed by atoms with Crippen molar-refractivity contribution in [1.82, 2.24) is 19.8 Å². The first-order valence-corrected chi connectivity index (χ1v) is 9.96. The zero-order valence-corrected chi connectivity index (χ0v) is 16.5. The molecule has 26 heavy (non-hydrogen) atoms. The molecule has 1 aromatic heterocycles. The van der Waals surface area contributed by atoms with Crippen molar-refractivity contribution in [3.05, 3.63) is 18.1 Å². The lowest BCUT2D eigenvalue weighted by atomic mass is 10.0. The number of carbonyl (C=O) groups excluding carboxylic acids is 1. The van der Waals surface area contributed by atoms with Gasteiger partial charge in [0.1, 0.15) is 12.1 Å². The smallest absolute Gasteiger partial charge is 0.222 e. The second-order valence-electron chi connectivity index (χ2n) is 8.29. The Labute approximate surface area is 157 Å². The van der Waals surface area contributed by atoms with Crippen LogP contribution in [0.1, 0.15) is 37.8 Å². The van der Waals surface area contributed by atoms with E-state index in [4.69, 9.17) is 0 Å². The molecule has 3 rings (SSSR count). The van der Waals surface area contributed by atoms with Gasteiger partial charge in [-0.15, -0.1) is 0 Å². The second kappa shape index (κ2) is 8.80. The van der Waals surface area contributed by atoms with Crippen LogP contribution in [-0.4, -0.2) is 73.0 Å². The molecular weight excluding hydrogens is 326 g/mol. The summed E-state index contributed by atoms with van der Waals surface area (Å²) in [6.07, 6.45) is 8.34. The predicted molar refractivity (Wildman–Crippen MR) is 104 cm³/mol. The van der Waals surface area contributed by atoms with Gasteiger partial charge in [0, 0.05) is 58.5 Å². The summed E-state index contributed by atoms with van der Waals surface area (Å²) in [6, 6.07) is 2.07. The van der Waals surface area contributed by atoms with Gasteiger partial charge in [0.2, 0.25) is 5.91 Å². The molecule has 2 heterocycles. The number of rotatable bonds is 5. The second-order valence-corrected chi connectivity index (χ2v) is 8.29. The van der Waals surface area contributed by atoms with Crippen LogP contribution in [0.3, 0.4) is 0 Å². The van der Waals surface area contributed by atoms with Crippen molar-refractivity contribution in [3.63, 3.8) is 0 Å². The van der Waals surface area contributed by atoms with Crippen molar-refractivity contribution in [2.75, 3.05) is 52.2 Å². The van der Waals surface area contributed by atoms with Crippen LogP contribution >= 0.6 is 0 Å². The molecule has 1 amide bonds. The largest absolute Gasteiger partial charge is 0.363 e. The maximum atomic E-state index is 12.8.